The predicted molar refractivity (Wildman–Crippen MR) is 82.0 cm³/mol. The first kappa shape index (κ1) is 16.1. The first-order valence-corrected chi connectivity index (χ1v) is 8.68. The highest BCUT2D eigenvalue weighted by atomic mass is 32.2. The Hall–Kier alpha value is -0.290. The van der Waals surface area contributed by atoms with Crippen molar-refractivity contribution >= 4 is 23.5 Å². The van der Waals surface area contributed by atoms with E-state index in [0.717, 1.165) is 23.1 Å². The van der Waals surface area contributed by atoms with E-state index < -0.39 is 11.7 Å². The second-order valence-electron chi connectivity index (χ2n) is 6.18. The van der Waals surface area contributed by atoms with Crippen molar-refractivity contribution in [3.63, 3.8) is 0 Å². The lowest BCUT2D eigenvalue weighted by atomic mass is 9.83. The summed E-state index contributed by atoms with van der Waals surface area (Å²) in [5.41, 5.74) is 0.495. The zero-order valence-corrected chi connectivity index (χ0v) is 13.5. The molecule has 1 aromatic rings. The Labute approximate surface area is 126 Å². The maximum Gasteiger partial charge on any atom is 0.416 e. The van der Waals surface area contributed by atoms with Crippen LogP contribution in [0.5, 0.6) is 0 Å². The summed E-state index contributed by atoms with van der Waals surface area (Å²) in [7, 11) is 0. The van der Waals surface area contributed by atoms with Gasteiger partial charge in [0.25, 0.3) is 0 Å². The number of halogens is 3. The SMILES string of the molecule is CC(C)(C)C1CSC(c2cccc(C(F)(F)F)c2)SC1. The van der Waals surface area contributed by atoms with E-state index in [4.69, 9.17) is 0 Å². The molecule has 0 atom stereocenters. The van der Waals surface area contributed by atoms with Crippen molar-refractivity contribution in [2.24, 2.45) is 11.3 Å². The van der Waals surface area contributed by atoms with E-state index in [9.17, 15) is 13.2 Å². The van der Waals surface area contributed by atoms with E-state index in [2.05, 4.69) is 20.8 Å². The normalized spacial score (nSPS) is 24.7. The molecule has 0 aliphatic carbocycles. The molecule has 20 heavy (non-hydrogen) atoms. The lowest BCUT2D eigenvalue weighted by molar-refractivity contribution is -0.137. The standard InChI is InChI=1S/C15H19F3S2/c1-14(2,3)12-8-19-13(20-9-12)10-5-4-6-11(7-10)15(16,17)18/h4-7,12-13H,8-9H2,1-3H3. The molecule has 1 fully saturated rings. The molecule has 1 saturated heterocycles. The van der Waals surface area contributed by atoms with Crippen LogP contribution in [0.4, 0.5) is 13.2 Å². The van der Waals surface area contributed by atoms with Crippen LogP contribution in [0.15, 0.2) is 24.3 Å². The van der Waals surface area contributed by atoms with Crippen LogP contribution >= 0.6 is 23.5 Å². The fraction of sp³-hybridized carbons (Fsp3) is 0.600. The molecule has 0 bridgehead atoms. The molecular weight excluding hydrogens is 301 g/mol. The van der Waals surface area contributed by atoms with Crippen LogP contribution < -0.4 is 0 Å². The number of thioether (sulfide) groups is 2. The van der Waals surface area contributed by atoms with Crippen LogP contribution in [0.1, 0.15) is 36.5 Å². The number of benzene rings is 1. The fourth-order valence-corrected chi connectivity index (χ4v) is 5.79. The van der Waals surface area contributed by atoms with Crippen molar-refractivity contribution in [2.75, 3.05) is 11.5 Å². The predicted octanol–water partition coefficient (Wildman–Crippen LogP) is 5.85. The molecule has 1 aromatic carbocycles. The summed E-state index contributed by atoms with van der Waals surface area (Å²) in [5.74, 6) is 2.63. The second-order valence-corrected chi connectivity index (χ2v) is 8.76. The minimum atomic E-state index is -4.26. The molecule has 0 N–H and O–H groups in total. The van der Waals surface area contributed by atoms with E-state index in [0.29, 0.717) is 5.92 Å². The number of hydrogen-bond acceptors (Lipinski definition) is 2. The van der Waals surface area contributed by atoms with Gasteiger partial charge < -0.3 is 0 Å². The average Bonchev–Trinajstić information content (AvgIpc) is 2.37. The average molecular weight is 320 g/mol. The van der Waals surface area contributed by atoms with Crippen molar-refractivity contribution < 1.29 is 13.2 Å². The molecule has 0 nitrogen and oxygen atoms in total. The van der Waals surface area contributed by atoms with Crippen molar-refractivity contribution in [1.82, 2.24) is 0 Å². The van der Waals surface area contributed by atoms with Gasteiger partial charge in [-0.2, -0.15) is 13.2 Å². The van der Waals surface area contributed by atoms with Gasteiger partial charge in [-0.05, 0) is 40.5 Å². The van der Waals surface area contributed by atoms with Gasteiger partial charge in [-0.3, -0.25) is 0 Å². The summed E-state index contributed by atoms with van der Waals surface area (Å²) in [6.45, 7) is 6.68. The van der Waals surface area contributed by atoms with E-state index >= 15 is 0 Å². The van der Waals surface area contributed by atoms with Crippen LogP contribution in [0.2, 0.25) is 0 Å². The first-order chi connectivity index (χ1) is 9.18. The molecule has 0 spiro atoms. The van der Waals surface area contributed by atoms with Gasteiger partial charge >= 0.3 is 6.18 Å². The molecule has 1 heterocycles. The molecule has 0 unspecified atom stereocenters. The van der Waals surface area contributed by atoms with Gasteiger partial charge in [-0.1, -0.05) is 32.9 Å². The minimum absolute atomic E-state index is 0.121. The molecule has 0 saturated carbocycles. The van der Waals surface area contributed by atoms with Crippen LogP contribution in [0.25, 0.3) is 0 Å². The number of hydrogen-bond donors (Lipinski definition) is 0. The number of rotatable bonds is 1. The fourth-order valence-electron chi connectivity index (χ4n) is 2.06. The molecule has 5 heteroatoms. The highest BCUT2D eigenvalue weighted by molar-refractivity contribution is 8.16. The summed E-state index contributed by atoms with van der Waals surface area (Å²) in [6, 6.07) is 5.74. The minimum Gasteiger partial charge on any atom is -0.166 e. The summed E-state index contributed by atoms with van der Waals surface area (Å²) in [4.78, 5) is 0. The van der Waals surface area contributed by atoms with Gasteiger partial charge in [-0.15, -0.1) is 23.5 Å². The number of alkyl halides is 3. The van der Waals surface area contributed by atoms with Crippen LogP contribution in [0.3, 0.4) is 0 Å². The highest BCUT2D eigenvalue weighted by Crippen LogP contribution is 2.49. The molecule has 1 aliphatic rings. The van der Waals surface area contributed by atoms with Crippen molar-refractivity contribution in [2.45, 2.75) is 31.5 Å². The third kappa shape index (κ3) is 3.88. The molecule has 2 rings (SSSR count). The summed E-state index contributed by atoms with van der Waals surface area (Å²) in [6.07, 6.45) is -4.26. The zero-order chi connectivity index (χ0) is 15.0. The molecule has 1 aliphatic heterocycles. The van der Waals surface area contributed by atoms with Gasteiger partial charge in [0, 0.05) is 0 Å². The van der Waals surface area contributed by atoms with Gasteiger partial charge in [0.2, 0.25) is 0 Å². The molecule has 0 amide bonds. The Bertz CT molecular complexity index is 455. The van der Waals surface area contributed by atoms with Crippen molar-refractivity contribution in [3.8, 4) is 0 Å². The van der Waals surface area contributed by atoms with Gasteiger partial charge in [0.05, 0.1) is 10.1 Å². The molecule has 0 aromatic heterocycles. The maximum absolute atomic E-state index is 12.7. The summed E-state index contributed by atoms with van der Waals surface area (Å²) >= 11 is 3.53. The largest absolute Gasteiger partial charge is 0.416 e. The van der Waals surface area contributed by atoms with E-state index in [1.165, 1.54) is 12.1 Å². The zero-order valence-electron chi connectivity index (χ0n) is 11.8. The van der Waals surface area contributed by atoms with E-state index in [1.807, 2.05) is 0 Å². The second kappa shape index (κ2) is 5.84. The van der Waals surface area contributed by atoms with E-state index in [-0.39, 0.29) is 10.00 Å². The van der Waals surface area contributed by atoms with Crippen LogP contribution in [-0.2, 0) is 6.18 Å². The quantitative estimate of drug-likeness (QED) is 0.637. The van der Waals surface area contributed by atoms with Crippen LogP contribution in [-0.4, -0.2) is 11.5 Å². The van der Waals surface area contributed by atoms with Crippen molar-refractivity contribution in [3.05, 3.63) is 35.4 Å². The Morgan fingerprint density at radius 1 is 1.05 bits per heavy atom. The Kier molecular flexibility index (Phi) is 4.69. The Morgan fingerprint density at radius 2 is 1.65 bits per heavy atom. The van der Waals surface area contributed by atoms with Crippen LogP contribution in [0, 0.1) is 11.3 Å². The maximum atomic E-state index is 12.7. The summed E-state index contributed by atoms with van der Waals surface area (Å²) < 4.78 is 38.3. The first-order valence-electron chi connectivity index (χ1n) is 6.58. The highest BCUT2D eigenvalue weighted by Gasteiger charge is 2.33. The molecular formula is C15H19F3S2. The Morgan fingerprint density at radius 3 is 2.15 bits per heavy atom. The lowest BCUT2D eigenvalue weighted by Crippen LogP contribution is -2.28. The van der Waals surface area contributed by atoms with Gasteiger partial charge in [-0.25, -0.2) is 0 Å². The summed E-state index contributed by atoms with van der Waals surface area (Å²) in [5, 5.41) is 0. The molecule has 0 radical (unpaired) electrons. The third-order valence-electron chi connectivity index (χ3n) is 3.61. The third-order valence-corrected chi connectivity index (χ3v) is 6.76. The Balaban J connectivity index is 2.08. The lowest BCUT2D eigenvalue weighted by Gasteiger charge is -2.36. The van der Waals surface area contributed by atoms with Gasteiger partial charge in [0.1, 0.15) is 0 Å². The van der Waals surface area contributed by atoms with Gasteiger partial charge in [0.15, 0.2) is 0 Å². The van der Waals surface area contributed by atoms with E-state index in [1.54, 1.807) is 29.6 Å². The van der Waals surface area contributed by atoms with Crippen molar-refractivity contribution in [1.29, 1.82) is 0 Å². The molecule has 112 valence electrons. The topological polar surface area (TPSA) is 0 Å². The smallest absolute Gasteiger partial charge is 0.166 e. The monoisotopic (exact) mass is 320 g/mol.